The lowest BCUT2D eigenvalue weighted by Crippen LogP contribution is -2.35. The third-order valence-electron chi connectivity index (χ3n) is 18.7. The Bertz CT molecular complexity index is 5350. The first-order valence-corrected chi connectivity index (χ1v) is 50.2. The van der Waals surface area contributed by atoms with Gasteiger partial charge in [0.25, 0.3) is 0 Å². The molecule has 0 bridgehead atoms. The van der Waals surface area contributed by atoms with Crippen molar-refractivity contribution in [3.63, 3.8) is 0 Å². The van der Waals surface area contributed by atoms with Gasteiger partial charge in [0, 0.05) is 35.3 Å². The lowest BCUT2D eigenvalue weighted by molar-refractivity contribution is -0.161. The molecule has 0 unspecified atom stereocenters. The summed E-state index contributed by atoms with van der Waals surface area (Å²) in [6, 6.07) is 96.2. The predicted molar refractivity (Wildman–Crippen MR) is 545 cm³/mol. The highest BCUT2D eigenvalue weighted by Crippen LogP contribution is 2.45. The number of carbonyl (C=O) groups is 6. The second kappa shape index (κ2) is 43.4. The van der Waals surface area contributed by atoms with Crippen molar-refractivity contribution in [1.29, 1.82) is 0 Å². The Kier molecular flexibility index (Phi) is 34.4. The van der Waals surface area contributed by atoms with E-state index in [9.17, 15) is 28.8 Å². The van der Waals surface area contributed by atoms with Crippen LogP contribution in [0, 0.1) is 32.1 Å². The highest BCUT2D eigenvalue weighted by molar-refractivity contribution is 14.1. The summed E-state index contributed by atoms with van der Waals surface area (Å²) in [5, 5.41) is 5.60. The van der Waals surface area contributed by atoms with E-state index in [1.165, 1.54) is 59.4 Å². The van der Waals surface area contributed by atoms with Gasteiger partial charge in [0.2, 0.25) is 11.8 Å². The highest BCUT2D eigenvalue weighted by atomic mass is 127. The number of halogens is 9. The quantitative estimate of drug-likeness (QED) is 0.0219. The van der Waals surface area contributed by atoms with Crippen molar-refractivity contribution in [2.45, 2.75) is 135 Å². The number of carbonyl (C=O) groups excluding carboxylic acids is 6. The first kappa shape index (κ1) is 92.8. The van der Waals surface area contributed by atoms with E-state index in [0.717, 1.165) is 68.7 Å². The molecule has 12 aromatic rings. The number of amides is 2. The number of anilines is 2. The maximum atomic E-state index is 13.7. The zero-order chi connectivity index (χ0) is 83.7. The third-order valence-corrected chi connectivity index (χ3v) is 36.5. The zero-order valence-corrected chi connectivity index (χ0v) is 85.9. The van der Waals surface area contributed by atoms with Crippen LogP contribution in [0.4, 0.5) is 11.4 Å². The van der Waals surface area contributed by atoms with Crippen molar-refractivity contribution in [3.8, 4) is 0 Å². The van der Waals surface area contributed by atoms with Gasteiger partial charge in [0.15, 0.2) is 50.7 Å². The number of benzene rings is 12. The predicted octanol–water partition coefficient (Wildman–Crippen LogP) is 26.4. The number of rotatable bonds is 22. The van der Waals surface area contributed by atoms with E-state index in [2.05, 4.69) is 375 Å². The number of ether oxygens (including phenoxy) is 4. The molecule has 13 rings (SSSR count). The van der Waals surface area contributed by atoms with Gasteiger partial charge in [-0.3, -0.25) is 9.59 Å². The standard InChI is InChI=1S/C32H27I3N2O4S.C31H26I3O2S.C30H24I3O4S/c1-19(38)36-29-26(33)25(27(34)30(28(29)35)37-20(2)39)31(40)41-32(3,4)21-15-17-24(18-16-21)42(22-11-7-5-8-12-22)23-13-9-6-10-14-23;32-26-18-19-27(33)29(34)28(26)30(35)36-31(20-8-3-9-21-31)22-14-16-25(17-15-22)37(23-10-4-1-5-11-23)24-12-6-2-7-13-24;1-30(2,37-26(34)19-36-29(35)27-24(31)17-18-25(32)28(27)33)20-13-15-23(16-14-20)38(21-9-5-3-6-10-21)22-11-7-4-8-12-22/h5-18H,1-4H3,(H-,36,37,38,39);1-2,4-7,10-19H,3,8-9,20-21H2;3-18H,19H2,1-2H3/q;2*+1/p+1. The molecule has 2 amide bonds. The van der Waals surface area contributed by atoms with Gasteiger partial charge in [-0.1, -0.05) is 152 Å². The van der Waals surface area contributed by atoms with Crippen LogP contribution in [-0.4, -0.2) is 42.3 Å². The Balaban J connectivity index is 0.000000173. The fourth-order valence-corrected chi connectivity index (χ4v) is 28.0. The Morgan fingerprint density at radius 2 is 0.632 bits per heavy atom. The summed E-state index contributed by atoms with van der Waals surface area (Å²) in [5.41, 5.74) is 2.68. The SMILES string of the molecule is CC(=O)Nc1c(I)c(NC(C)=O)c(I)c(C(=O)OC(C)(C)c2ccc([S+](c3ccccc3)c3ccccc3)cc2)c1I.CC(C)(OC(=O)COC(=O)c1c(I)ccc(I)c1I)c1ccc([S+](c2ccccc2)c2ccccc2)cc1.O=C(OC1(c2ccc([S+](c3ccccc3)c3ccccc3)cc2)CCCCC1)c1c(I)ccc(I)c1I. The average Bonchev–Trinajstić information content (AvgIpc) is 0.777. The van der Waals surface area contributed by atoms with E-state index in [1.54, 1.807) is 0 Å². The summed E-state index contributed by atoms with van der Waals surface area (Å²) in [4.78, 5) is 87.7. The summed E-state index contributed by atoms with van der Waals surface area (Å²) < 4.78 is 30.9. The van der Waals surface area contributed by atoms with Crippen LogP contribution in [-0.2, 0) is 82.8 Å². The Morgan fingerprint density at radius 3 is 0.966 bits per heavy atom. The number of hydrogen-bond acceptors (Lipinski definition) is 10. The van der Waals surface area contributed by atoms with Crippen molar-refractivity contribution in [1.82, 2.24) is 0 Å². The molecule has 2 N–H and O–H groups in total. The molecule has 0 atom stereocenters. The fraction of sp³-hybridized carbons (Fsp3) is 0.161. The van der Waals surface area contributed by atoms with Gasteiger partial charge in [-0.2, -0.15) is 0 Å². The minimum atomic E-state index is -0.967. The summed E-state index contributed by atoms with van der Waals surface area (Å²) in [6.45, 7) is 9.71. The van der Waals surface area contributed by atoms with Gasteiger partial charge in [-0.05, 0) is 407 Å². The molecule has 0 spiro atoms. The minimum Gasteiger partial charge on any atom is -0.452 e. The number of nitrogens with one attached hydrogen (secondary N) is 2. The smallest absolute Gasteiger partial charge is 0.345 e. The van der Waals surface area contributed by atoms with Crippen LogP contribution < -0.4 is 10.6 Å². The summed E-state index contributed by atoms with van der Waals surface area (Å²) >= 11 is 19.3. The lowest BCUT2D eigenvalue weighted by atomic mass is 9.79. The number of hydrogen-bond donors (Lipinski definition) is 2. The van der Waals surface area contributed by atoms with Crippen molar-refractivity contribution >= 4 is 283 Å². The Hall–Kier alpha value is -4.92. The van der Waals surface area contributed by atoms with E-state index >= 15 is 0 Å². The Morgan fingerprint density at radius 1 is 0.333 bits per heavy atom. The van der Waals surface area contributed by atoms with E-state index in [4.69, 9.17) is 18.9 Å². The normalized spacial score (nSPS) is 12.4. The van der Waals surface area contributed by atoms with E-state index in [0.29, 0.717) is 33.2 Å². The number of esters is 4. The van der Waals surface area contributed by atoms with Crippen molar-refractivity contribution in [3.05, 3.63) is 345 Å². The van der Waals surface area contributed by atoms with Crippen LogP contribution in [0.1, 0.15) is 121 Å². The van der Waals surface area contributed by atoms with Gasteiger partial charge in [0.05, 0.1) is 71.5 Å². The zero-order valence-electron chi connectivity index (χ0n) is 64.0. The molecule has 0 heterocycles. The average molecular weight is 2620 g/mol. The molecular formula is C93H78I9N2O10S3+3. The molecule has 0 aromatic heterocycles. The first-order valence-electron chi connectivity index (χ1n) is 36.8. The van der Waals surface area contributed by atoms with Gasteiger partial charge in [0.1, 0.15) is 16.8 Å². The molecule has 12 nitrogen and oxygen atoms in total. The lowest BCUT2D eigenvalue weighted by Gasteiger charge is -2.37. The molecule has 1 fully saturated rings. The van der Waals surface area contributed by atoms with Crippen LogP contribution in [0.5, 0.6) is 0 Å². The molecule has 24 heteroatoms. The molecule has 1 saturated carbocycles. The maximum absolute atomic E-state index is 13.7. The molecule has 598 valence electrons. The monoisotopic (exact) mass is 2620 g/mol. The fourth-order valence-electron chi connectivity index (χ4n) is 13.0. The molecule has 0 aliphatic heterocycles. The first-order chi connectivity index (χ1) is 56.1. The highest BCUT2D eigenvalue weighted by Gasteiger charge is 2.41. The van der Waals surface area contributed by atoms with E-state index in [-0.39, 0.29) is 56.0 Å². The van der Waals surface area contributed by atoms with Crippen molar-refractivity contribution in [2.75, 3.05) is 17.2 Å². The molecule has 0 radical (unpaired) electrons. The second-order valence-corrected chi connectivity index (χ2v) is 43.8. The molecule has 0 saturated heterocycles. The van der Waals surface area contributed by atoms with Crippen molar-refractivity contribution in [2.24, 2.45) is 0 Å². The molecule has 1 aliphatic rings. The van der Waals surface area contributed by atoms with E-state index in [1.807, 2.05) is 146 Å². The second-order valence-electron chi connectivity index (χ2n) is 27.6. The molecule has 117 heavy (non-hydrogen) atoms. The topological polar surface area (TPSA) is 163 Å². The van der Waals surface area contributed by atoms with Gasteiger partial charge in [-0.25, -0.2) is 19.2 Å². The molecular weight excluding hydrogens is 2540 g/mol. The van der Waals surface area contributed by atoms with E-state index < -0.39 is 41.3 Å². The minimum absolute atomic E-state index is 0.201. The maximum Gasteiger partial charge on any atom is 0.345 e. The van der Waals surface area contributed by atoms with Crippen molar-refractivity contribution < 1.29 is 47.7 Å². The van der Waals surface area contributed by atoms with Crippen LogP contribution in [0.3, 0.4) is 0 Å². The summed E-state index contributed by atoms with van der Waals surface area (Å²) in [5.74, 6) is -2.48. The van der Waals surface area contributed by atoms with Gasteiger partial charge >= 0.3 is 23.9 Å². The molecule has 1 aliphatic carbocycles. The summed E-state index contributed by atoms with van der Waals surface area (Å²) in [7, 11) is -0.754. The van der Waals surface area contributed by atoms with Crippen LogP contribution in [0.2, 0.25) is 0 Å². The Labute approximate surface area is 815 Å². The van der Waals surface area contributed by atoms with Crippen LogP contribution in [0.25, 0.3) is 0 Å². The molecule has 12 aromatic carbocycles. The van der Waals surface area contributed by atoms with Gasteiger partial charge in [-0.15, -0.1) is 0 Å². The largest absolute Gasteiger partial charge is 0.452 e. The van der Waals surface area contributed by atoms with Crippen LogP contribution in [0.15, 0.2) is 323 Å². The van der Waals surface area contributed by atoms with Crippen LogP contribution >= 0.6 is 203 Å². The summed E-state index contributed by atoms with van der Waals surface area (Å²) in [6.07, 6.45) is 5.03. The third kappa shape index (κ3) is 23.9. The van der Waals surface area contributed by atoms with Gasteiger partial charge < -0.3 is 29.6 Å².